The highest BCUT2D eigenvalue weighted by atomic mass is 16.7. The molecule has 1 heterocycles. The van der Waals surface area contributed by atoms with Gasteiger partial charge in [-0.2, -0.15) is 0 Å². The molecule has 1 aromatic rings. The maximum Gasteiger partial charge on any atom is 0.172 e. The maximum absolute atomic E-state index is 10.6. The SMILES string of the molecule is Cc1ccc(CC=C(O)[C@H]2C[C@H]3[C@@H](CC34OCCO4)C2O)c(C)c1. The summed E-state index contributed by atoms with van der Waals surface area (Å²) in [7, 11) is 0. The second-order valence-electron chi connectivity index (χ2n) is 7.58. The van der Waals surface area contributed by atoms with Crippen LogP contribution in [0.2, 0.25) is 0 Å². The summed E-state index contributed by atoms with van der Waals surface area (Å²) in [5, 5.41) is 21.1. The van der Waals surface area contributed by atoms with Gasteiger partial charge in [0, 0.05) is 18.3 Å². The van der Waals surface area contributed by atoms with Gasteiger partial charge in [-0.05, 0) is 49.8 Å². The van der Waals surface area contributed by atoms with E-state index in [-0.39, 0.29) is 17.8 Å². The summed E-state index contributed by atoms with van der Waals surface area (Å²) in [5.41, 5.74) is 3.69. The van der Waals surface area contributed by atoms with Crippen LogP contribution < -0.4 is 0 Å². The van der Waals surface area contributed by atoms with Crippen molar-refractivity contribution in [2.75, 3.05) is 13.2 Å². The van der Waals surface area contributed by atoms with Crippen LogP contribution in [0.3, 0.4) is 0 Å². The monoisotopic (exact) mass is 330 g/mol. The van der Waals surface area contributed by atoms with Gasteiger partial charge in [0.25, 0.3) is 0 Å². The molecule has 1 aliphatic heterocycles. The van der Waals surface area contributed by atoms with E-state index in [0.717, 1.165) is 12.8 Å². The molecule has 2 saturated carbocycles. The van der Waals surface area contributed by atoms with Gasteiger partial charge in [0.1, 0.15) is 0 Å². The van der Waals surface area contributed by atoms with Crippen molar-refractivity contribution in [3.8, 4) is 0 Å². The number of hydrogen-bond donors (Lipinski definition) is 2. The van der Waals surface area contributed by atoms with Gasteiger partial charge < -0.3 is 19.7 Å². The number of hydrogen-bond acceptors (Lipinski definition) is 4. The van der Waals surface area contributed by atoms with Gasteiger partial charge in [0.15, 0.2) is 5.79 Å². The van der Waals surface area contributed by atoms with Gasteiger partial charge in [-0.1, -0.05) is 23.8 Å². The zero-order valence-electron chi connectivity index (χ0n) is 14.4. The molecular formula is C20H26O4. The molecule has 3 fully saturated rings. The lowest BCUT2D eigenvalue weighted by molar-refractivity contribution is -0.275. The molecule has 4 atom stereocenters. The van der Waals surface area contributed by atoms with E-state index in [1.165, 1.54) is 16.7 Å². The molecular weight excluding hydrogens is 304 g/mol. The van der Waals surface area contributed by atoms with Crippen LogP contribution in [0.4, 0.5) is 0 Å². The Balaban J connectivity index is 1.45. The van der Waals surface area contributed by atoms with Crippen LogP contribution in [0, 0.1) is 31.6 Å². The molecule has 2 N–H and O–H groups in total. The van der Waals surface area contributed by atoms with Crippen LogP contribution in [-0.2, 0) is 15.9 Å². The zero-order chi connectivity index (χ0) is 16.9. The van der Waals surface area contributed by atoms with Crippen LogP contribution in [0.1, 0.15) is 29.5 Å². The summed E-state index contributed by atoms with van der Waals surface area (Å²) in [6, 6.07) is 6.36. The third kappa shape index (κ3) is 2.48. The zero-order valence-corrected chi connectivity index (χ0v) is 14.4. The smallest absolute Gasteiger partial charge is 0.172 e. The van der Waals surface area contributed by atoms with Gasteiger partial charge in [-0.3, -0.25) is 0 Å². The Bertz CT molecular complexity index is 660. The Morgan fingerprint density at radius 2 is 2.04 bits per heavy atom. The maximum atomic E-state index is 10.6. The first-order valence-corrected chi connectivity index (χ1v) is 8.91. The Hall–Kier alpha value is -1.36. The van der Waals surface area contributed by atoms with Gasteiger partial charge in [0.2, 0.25) is 0 Å². The van der Waals surface area contributed by atoms with Crippen molar-refractivity contribution in [1.82, 2.24) is 0 Å². The standard InChI is InChI=1S/C20H26O4/c1-12-3-4-14(13(2)9-12)5-6-18(21)15-10-17-16(19(15)22)11-20(17)23-7-8-24-20/h3-4,6,9,15-17,19,21-22H,5,7-8,10-11H2,1-2H3/t15-,16-,17+,19?/m1/s1. The molecule has 130 valence electrons. The van der Waals surface area contributed by atoms with Crippen molar-refractivity contribution >= 4 is 0 Å². The molecule has 4 rings (SSSR count). The molecule has 0 bridgehead atoms. The molecule has 0 aromatic heterocycles. The fraction of sp³-hybridized carbons (Fsp3) is 0.600. The largest absolute Gasteiger partial charge is 0.512 e. The Morgan fingerprint density at radius 3 is 2.75 bits per heavy atom. The molecule has 24 heavy (non-hydrogen) atoms. The number of allylic oxidation sites excluding steroid dienone is 1. The summed E-state index contributed by atoms with van der Waals surface area (Å²) in [6.45, 7) is 5.45. The van der Waals surface area contributed by atoms with Crippen LogP contribution >= 0.6 is 0 Å². The molecule has 4 nitrogen and oxygen atoms in total. The van der Waals surface area contributed by atoms with E-state index in [1.54, 1.807) is 0 Å². The van der Waals surface area contributed by atoms with Crippen LogP contribution in [0.15, 0.2) is 30.0 Å². The fourth-order valence-electron chi connectivity index (χ4n) is 4.75. The van der Waals surface area contributed by atoms with E-state index in [4.69, 9.17) is 9.47 Å². The van der Waals surface area contributed by atoms with Crippen molar-refractivity contribution in [2.45, 2.75) is 45.0 Å². The number of rotatable bonds is 3. The van der Waals surface area contributed by atoms with Gasteiger partial charge >= 0.3 is 0 Å². The average molecular weight is 330 g/mol. The highest BCUT2D eigenvalue weighted by Crippen LogP contribution is 2.60. The fourth-order valence-corrected chi connectivity index (χ4v) is 4.75. The van der Waals surface area contributed by atoms with E-state index >= 15 is 0 Å². The Labute approximate surface area is 143 Å². The lowest BCUT2D eigenvalue weighted by atomic mass is 9.69. The number of ether oxygens (including phenoxy) is 2. The van der Waals surface area contributed by atoms with Crippen molar-refractivity contribution in [3.05, 3.63) is 46.7 Å². The topological polar surface area (TPSA) is 58.9 Å². The van der Waals surface area contributed by atoms with Gasteiger partial charge in [-0.25, -0.2) is 0 Å². The van der Waals surface area contributed by atoms with Crippen LogP contribution in [0.25, 0.3) is 0 Å². The average Bonchev–Trinajstić information content (AvgIpc) is 3.12. The molecule has 3 aliphatic rings. The number of aryl methyl sites for hydroxylation is 2. The predicted molar refractivity (Wildman–Crippen MR) is 90.7 cm³/mol. The first-order valence-electron chi connectivity index (χ1n) is 8.91. The Kier molecular flexibility index (Phi) is 3.94. The molecule has 1 unspecified atom stereocenters. The third-order valence-electron chi connectivity index (χ3n) is 6.15. The number of aliphatic hydroxyl groups excluding tert-OH is 2. The lowest BCUT2D eigenvalue weighted by Gasteiger charge is -2.48. The van der Waals surface area contributed by atoms with E-state index in [1.807, 2.05) is 6.08 Å². The number of benzene rings is 1. The van der Waals surface area contributed by atoms with E-state index in [2.05, 4.69) is 32.0 Å². The normalized spacial score (nSPS) is 34.4. The first-order chi connectivity index (χ1) is 11.5. The van der Waals surface area contributed by atoms with Crippen LogP contribution in [-0.4, -0.2) is 35.3 Å². The molecule has 0 radical (unpaired) electrons. The molecule has 0 amide bonds. The summed E-state index contributed by atoms with van der Waals surface area (Å²) >= 11 is 0. The van der Waals surface area contributed by atoms with E-state index in [0.29, 0.717) is 25.4 Å². The Morgan fingerprint density at radius 1 is 1.29 bits per heavy atom. The van der Waals surface area contributed by atoms with Crippen molar-refractivity contribution < 1.29 is 19.7 Å². The summed E-state index contributed by atoms with van der Waals surface area (Å²) in [5.74, 6) is 0.0261. The number of aliphatic hydroxyl groups is 2. The van der Waals surface area contributed by atoms with Crippen LogP contribution in [0.5, 0.6) is 0 Å². The van der Waals surface area contributed by atoms with Gasteiger partial charge in [0.05, 0.1) is 25.1 Å². The van der Waals surface area contributed by atoms with E-state index in [9.17, 15) is 10.2 Å². The highest BCUT2D eigenvalue weighted by Gasteiger charge is 2.65. The molecule has 1 spiro atoms. The van der Waals surface area contributed by atoms with Gasteiger partial charge in [-0.15, -0.1) is 0 Å². The predicted octanol–water partition coefficient (Wildman–Crippen LogP) is 3.05. The third-order valence-corrected chi connectivity index (χ3v) is 6.15. The van der Waals surface area contributed by atoms with Crippen molar-refractivity contribution in [3.63, 3.8) is 0 Å². The molecule has 1 saturated heterocycles. The van der Waals surface area contributed by atoms with Crippen molar-refractivity contribution in [2.24, 2.45) is 17.8 Å². The molecule has 4 heteroatoms. The minimum Gasteiger partial charge on any atom is -0.512 e. The summed E-state index contributed by atoms with van der Waals surface area (Å²) in [4.78, 5) is 0. The summed E-state index contributed by atoms with van der Waals surface area (Å²) < 4.78 is 11.6. The minimum absolute atomic E-state index is 0.185. The van der Waals surface area contributed by atoms with E-state index < -0.39 is 11.9 Å². The number of fused-ring (bicyclic) bond motifs is 2. The highest BCUT2D eigenvalue weighted by molar-refractivity contribution is 5.32. The summed E-state index contributed by atoms with van der Waals surface area (Å²) in [6.07, 6.45) is 3.54. The lowest BCUT2D eigenvalue weighted by Crippen LogP contribution is -2.54. The first kappa shape index (κ1) is 16.1. The molecule has 2 aliphatic carbocycles. The van der Waals surface area contributed by atoms with Crippen molar-refractivity contribution in [1.29, 1.82) is 0 Å². The second-order valence-corrected chi connectivity index (χ2v) is 7.58. The second kappa shape index (κ2) is 5.87. The molecule has 1 aromatic carbocycles. The quantitative estimate of drug-likeness (QED) is 0.836. The minimum atomic E-state index is -0.496.